The highest BCUT2D eigenvalue weighted by Crippen LogP contribution is 2.44. The van der Waals surface area contributed by atoms with Crippen LogP contribution in [-0.4, -0.2) is 11.1 Å². The van der Waals surface area contributed by atoms with E-state index in [1.54, 1.807) is 31.2 Å². The highest BCUT2D eigenvalue weighted by molar-refractivity contribution is 5.86. The van der Waals surface area contributed by atoms with Crippen LogP contribution < -0.4 is 9.84 Å². The Labute approximate surface area is 99.2 Å². The molecule has 4 heteroatoms. The molecule has 1 aromatic rings. The van der Waals surface area contributed by atoms with Crippen molar-refractivity contribution in [3.05, 3.63) is 41.2 Å². The Morgan fingerprint density at radius 2 is 2.12 bits per heavy atom. The fourth-order valence-electron chi connectivity index (χ4n) is 2.04. The topological polar surface area (TPSA) is 69.6 Å². The van der Waals surface area contributed by atoms with E-state index < -0.39 is 11.6 Å². The van der Waals surface area contributed by atoms with Gasteiger partial charge in [-0.1, -0.05) is 25.1 Å². The molecule has 1 aliphatic heterocycles. The molecule has 0 fully saturated rings. The molecular formula is C13H13O4-. The van der Waals surface area contributed by atoms with E-state index in [-0.39, 0.29) is 17.8 Å². The SMILES string of the molecule is CCC(C(=O)[O-])=C1Oc2ccccc2C1(C)O. The molecule has 0 aliphatic carbocycles. The van der Waals surface area contributed by atoms with Crippen molar-refractivity contribution in [2.75, 3.05) is 0 Å². The predicted molar refractivity (Wildman–Crippen MR) is 59.0 cm³/mol. The van der Waals surface area contributed by atoms with Gasteiger partial charge >= 0.3 is 0 Å². The van der Waals surface area contributed by atoms with Gasteiger partial charge in [0.1, 0.15) is 17.1 Å². The van der Waals surface area contributed by atoms with Crippen LogP contribution in [0.15, 0.2) is 35.6 Å². The number of carboxylic acids is 1. The highest BCUT2D eigenvalue weighted by atomic mass is 16.5. The number of aliphatic carboxylic acids is 1. The minimum atomic E-state index is -1.41. The standard InChI is InChI=1S/C13H14O4/c1-3-8(12(14)15)11-13(2,16)9-6-4-5-7-10(9)17-11/h4-7,16H,3H2,1-2H3,(H,14,15)/p-1. The highest BCUT2D eigenvalue weighted by Gasteiger charge is 2.41. The second-order valence-corrected chi connectivity index (χ2v) is 4.12. The van der Waals surface area contributed by atoms with Gasteiger partial charge in [0.05, 0.1) is 5.97 Å². The molecule has 0 amide bonds. The zero-order valence-electron chi connectivity index (χ0n) is 9.69. The summed E-state index contributed by atoms with van der Waals surface area (Å²) in [7, 11) is 0. The van der Waals surface area contributed by atoms with Gasteiger partial charge in [0, 0.05) is 11.1 Å². The Morgan fingerprint density at radius 1 is 1.47 bits per heavy atom. The Morgan fingerprint density at radius 3 is 2.65 bits per heavy atom. The molecule has 4 nitrogen and oxygen atoms in total. The molecular weight excluding hydrogens is 220 g/mol. The molecule has 1 N–H and O–H groups in total. The average molecular weight is 233 g/mol. The van der Waals surface area contributed by atoms with Gasteiger partial charge in [-0.25, -0.2) is 0 Å². The summed E-state index contributed by atoms with van der Waals surface area (Å²) in [6.07, 6.45) is 0.238. The summed E-state index contributed by atoms with van der Waals surface area (Å²) in [6.45, 7) is 3.20. The van der Waals surface area contributed by atoms with Gasteiger partial charge in [0.2, 0.25) is 0 Å². The van der Waals surface area contributed by atoms with Crippen molar-refractivity contribution < 1.29 is 19.7 Å². The molecule has 0 aromatic heterocycles. The Hall–Kier alpha value is -1.81. The summed E-state index contributed by atoms with van der Waals surface area (Å²) in [5.74, 6) is -0.767. The van der Waals surface area contributed by atoms with Gasteiger partial charge in [-0.2, -0.15) is 0 Å². The number of carbonyl (C=O) groups excluding carboxylic acids is 1. The summed E-state index contributed by atoms with van der Waals surface area (Å²) in [5.41, 5.74) is -0.851. The number of benzene rings is 1. The minimum Gasteiger partial charge on any atom is -0.545 e. The van der Waals surface area contributed by atoms with Crippen LogP contribution in [-0.2, 0) is 10.4 Å². The summed E-state index contributed by atoms with van der Waals surface area (Å²) < 4.78 is 5.45. The molecule has 1 atom stereocenters. The van der Waals surface area contributed by atoms with Gasteiger partial charge in [-0.15, -0.1) is 0 Å². The molecule has 0 radical (unpaired) electrons. The van der Waals surface area contributed by atoms with Gasteiger partial charge in [-0.3, -0.25) is 0 Å². The van der Waals surface area contributed by atoms with Crippen LogP contribution in [0.5, 0.6) is 5.75 Å². The number of carboxylic acid groups (broad SMARTS) is 1. The van der Waals surface area contributed by atoms with Crippen molar-refractivity contribution in [1.82, 2.24) is 0 Å². The maximum Gasteiger partial charge on any atom is 0.148 e. The van der Waals surface area contributed by atoms with Gasteiger partial charge in [0.25, 0.3) is 0 Å². The smallest absolute Gasteiger partial charge is 0.148 e. The minimum absolute atomic E-state index is 0.00815. The lowest BCUT2D eigenvalue weighted by Gasteiger charge is -2.20. The monoisotopic (exact) mass is 233 g/mol. The second-order valence-electron chi connectivity index (χ2n) is 4.12. The molecule has 0 saturated heterocycles. The Bertz CT molecular complexity index is 500. The Balaban J connectivity index is 2.61. The maximum atomic E-state index is 11.0. The van der Waals surface area contributed by atoms with Gasteiger partial charge in [-0.05, 0) is 19.4 Å². The zero-order valence-corrected chi connectivity index (χ0v) is 9.69. The van der Waals surface area contributed by atoms with Crippen molar-refractivity contribution in [3.8, 4) is 5.75 Å². The zero-order chi connectivity index (χ0) is 12.6. The fourth-order valence-corrected chi connectivity index (χ4v) is 2.04. The fraction of sp³-hybridized carbons (Fsp3) is 0.308. The van der Waals surface area contributed by atoms with E-state index >= 15 is 0 Å². The third-order valence-electron chi connectivity index (χ3n) is 2.94. The predicted octanol–water partition coefficient (Wildman–Crippen LogP) is 0.701. The largest absolute Gasteiger partial charge is 0.545 e. The molecule has 1 aromatic carbocycles. The first-order valence-electron chi connectivity index (χ1n) is 5.43. The number of hydrogen-bond acceptors (Lipinski definition) is 4. The third-order valence-corrected chi connectivity index (χ3v) is 2.94. The summed E-state index contributed by atoms with van der Waals surface area (Å²) in [4.78, 5) is 11.0. The molecule has 17 heavy (non-hydrogen) atoms. The Kier molecular flexibility index (Phi) is 2.67. The van der Waals surface area contributed by atoms with Crippen molar-refractivity contribution in [1.29, 1.82) is 0 Å². The molecule has 90 valence electrons. The number of fused-ring (bicyclic) bond motifs is 1. The lowest BCUT2D eigenvalue weighted by Crippen LogP contribution is -2.31. The lowest BCUT2D eigenvalue weighted by molar-refractivity contribution is -0.299. The number of carbonyl (C=O) groups is 1. The number of rotatable bonds is 2. The van der Waals surface area contributed by atoms with E-state index in [1.807, 2.05) is 0 Å². The second kappa shape index (κ2) is 3.89. The number of para-hydroxylation sites is 1. The normalized spacial score (nSPS) is 25.1. The number of ether oxygens (including phenoxy) is 1. The first kappa shape index (κ1) is 11.7. The maximum absolute atomic E-state index is 11.0. The van der Waals surface area contributed by atoms with E-state index in [1.165, 1.54) is 6.92 Å². The van der Waals surface area contributed by atoms with E-state index in [9.17, 15) is 15.0 Å². The first-order valence-corrected chi connectivity index (χ1v) is 5.43. The molecule has 1 heterocycles. The van der Waals surface area contributed by atoms with Crippen LogP contribution >= 0.6 is 0 Å². The van der Waals surface area contributed by atoms with Crippen molar-refractivity contribution in [3.63, 3.8) is 0 Å². The molecule has 1 aliphatic rings. The summed E-state index contributed by atoms with van der Waals surface area (Å²) in [5, 5.41) is 21.4. The molecule has 0 bridgehead atoms. The van der Waals surface area contributed by atoms with Crippen LogP contribution in [0.4, 0.5) is 0 Å². The van der Waals surface area contributed by atoms with E-state index in [4.69, 9.17) is 4.74 Å². The molecule has 0 spiro atoms. The van der Waals surface area contributed by atoms with Crippen LogP contribution in [0.2, 0.25) is 0 Å². The molecule has 0 saturated carbocycles. The summed E-state index contributed by atoms with van der Waals surface area (Å²) >= 11 is 0. The quantitative estimate of drug-likeness (QED) is 0.763. The van der Waals surface area contributed by atoms with Crippen LogP contribution in [0.3, 0.4) is 0 Å². The third kappa shape index (κ3) is 1.70. The van der Waals surface area contributed by atoms with Crippen molar-refractivity contribution in [2.45, 2.75) is 25.9 Å². The van der Waals surface area contributed by atoms with Gasteiger partial charge in [0.15, 0.2) is 0 Å². The van der Waals surface area contributed by atoms with E-state index in [0.29, 0.717) is 11.3 Å². The molecule has 2 rings (SSSR count). The van der Waals surface area contributed by atoms with Crippen molar-refractivity contribution in [2.24, 2.45) is 0 Å². The lowest BCUT2D eigenvalue weighted by atomic mass is 9.92. The van der Waals surface area contributed by atoms with Crippen molar-refractivity contribution >= 4 is 5.97 Å². The van der Waals surface area contributed by atoms with Crippen LogP contribution in [0, 0.1) is 0 Å². The average Bonchev–Trinajstić information content (AvgIpc) is 2.53. The van der Waals surface area contributed by atoms with Gasteiger partial charge < -0.3 is 19.7 Å². The molecule has 1 unspecified atom stereocenters. The van der Waals surface area contributed by atoms with Crippen LogP contribution in [0.1, 0.15) is 25.8 Å². The van der Waals surface area contributed by atoms with E-state index in [2.05, 4.69) is 0 Å². The van der Waals surface area contributed by atoms with E-state index in [0.717, 1.165) is 0 Å². The number of aliphatic hydroxyl groups is 1. The van der Waals surface area contributed by atoms with Crippen LogP contribution in [0.25, 0.3) is 0 Å². The number of hydrogen-bond donors (Lipinski definition) is 1. The summed E-state index contributed by atoms with van der Waals surface area (Å²) in [6, 6.07) is 6.94. The first-order chi connectivity index (χ1) is 7.98.